The second-order valence-electron chi connectivity index (χ2n) is 5.74. The molecule has 1 aromatic carbocycles. The first-order valence-corrected chi connectivity index (χ1v) is 7.02. The Balaban J connectivity index is 1.78. The average molecular weight is 281 g/mol. The van der Waals surface area contributed by atoms with E-state index in [1.165, 1.54) is 30.6 Å². The topological polar surface area (TPSA) is 61.2 Å². The van der Waals surface area contributed by atoms with Gasteiger partial charge in [-0.05, 0) is 47.6 Å². The van der Waals surface area contributed by atoms with Crippen molar-refractivity contribution in [3.05, 3.63) is 76.3 Å². The molecule has 21 heavy (non-hydrogen) atoms. The first-order valence-electron chi connectivity index (χ1n) is 7.02. The van der Waals surface area contributed by atoms with Crippen LogP contribution in [0.15, 0.2) is 60.3 Å². The standard InChI is InChI=1S/C17H17N2O2/c1-17(10-11-17)15-4-2-3-5-16(15)18-12-13-6-8-14(9-7-13)19(20)21/h2-9,12,18H,10-11H2,1H3/q-1. The maximum Gasteiger partial charge on any atom is 0.222 e. The highest BCUT2D eigenvalue weighted by atomic mass is 16.8. The number of nitrogens with one attached hydrogen (secondary N) is 1. The number of rotatable bonds is 3. The van der Waals surface area contributed by atoms with Gasteiger partial charge in [-0.2, -0.15) is 4.90 Å². The lowest BCUT2D eigenvalue weighted by molar-refractivity contribution is -0.377. The molecule has 1 N–H and O–H groups in total. The van der Waals surface area contributed by atoms with Crippen molar-refractivity contribution in [3.8, 4) is 0 Å². The minimum Gasteiger partial charge on any atom is -0.612 e. The van der Waals surface area contributed by atoms with Crippen LogP contribution < -0.4 is 5.32 Å². The van der Waals surface area contributed by atoms with Gasteiger partial charge in [0.2, 0.25) is 5.71 Å². The molecular weight excluding hydrogens is 264 g/mol. The number of hydrogen-bond acceptors (Lipinski definition) is 3. The van der Waals surface area contributed by atoms with Crippen LogP contribution in [0.3, 0.4) is 0 Å². The minimum absolute atomic E-state index is 0.109. The molecule has 2 aliphatic rings. The van der Waals surface area contributed by atoms with Crippen LogP contribution in [0.5, 0.6) is 0 Å². The summed E-state index contributed by atoms with van der Waals surface area (Å²) in [4.78, 5) is -0.388. The molecule has 0 amide bonds. The fraction of sp³-hybridized carbons (Fsp3) is 0.235. The van der Waals surface area contributed by atoms with Crippen molar-refractivity contribution in [1.82, 2.24) is 0 Å². The minimum atomic E-state index is -0.388. The first kappa shape index (κ1) is 13.5. The summed E-state index contributed by atoms with van der Waals surface area (Å²) in [6.07, 6.45) is 10.9. The first-order chi connectivity index (χ1) is 10.1. The number of allylic oxidation sites excluding steroid dienone is 5. The monoisotopic (exact) mass is 281 g/mol. The fourth-order valence-electron chi connectivity index (χ4n) is 2.45. The Kier molecular flexibility index (Phi) is 3.29. The van der Waals surface area contributed by atoms with Crippen molar-refractivity contribution in [1.29, 1.82) is 0 Å². The summed E-state index contributed by atoms with van der Waals surface area (Å²) in [6.45, 7) is 2.28. The Morgan fingerprint density at radius 2 is 1.76 bits per heavy atom. The molecule has 108 valence electrons. The SMILES string of the molecule is CC1(c2ccccc2NC=C2C=CC(=[N+]([O-])[O-])C=C2)CC1. The summed E-state index contributed by atoms with van der Waals surface area (Å²) in [5.41, 5.74) is 3.76. The van der Waals surface area contributed by atoms with Crippen molar-refractivity contribution in [2.45, 2.75) is 25.2 Å². The molecule has 1 fully saturated rings. The van der Waals surface area contributed by atoms with Crippen LogP contribution in [0.4, 0.5) is 5.69 Å². The molecule has 0 aromatic heterocycles. The number of hydrogen-bond donors (Lipinski definition) is 1. The normalized spacial score (nSPS) is 18.5. The van der Waals surface area contributed by atoms with Crippen LogP contribution in [-0.4, -0.2) is 10.6 Å². The van der Waals surface area contributed by atoms with Gasteiger partial charge < -0.3 is 15.7 Å². The zero-order valence-electron chi connectivity index (χ0n) is 11.9. The maximum atomic E-state index is 10.6. The van der Waals surface area contributed by atoms with Crippen molar-refractivity contribution in [2.75, 3.05) is 5.32 Å². The number of nitrogens with zero attached hydrogens (tertiary/aromatic N) is 1. The highest BCUT2D eigenvalue weighted by molar-refractivity contribution is 6.02. The van der Waals surface area contributed by atoms with Crippen LogP contribution >= 0.6 is 0 Å². The molecule has 2 aliphatic carbocycles. The summed E-state index contributed by atoms with van der Waals surface area (Å²) in [5, 5.41) is 24.6. The molecule has 4 nitrogen and oxygen atoms in total. The molecule has 1 saturated carbocycles. The second-order valence-corrected chi connectivity index (χ2v) is 5.74. The molecular formula is C17H17N2O2-. The molecule has 0 atom stereocenters. The van der Waals surface area contributed by atoms with Gasteiger partial charge in [-0.15, -0.1) is 0 Å². The van der Waals surface area contributed by atoms with Crippen molar-refractivity contribution < 1.29 is 4.90 Å². The predicted octanol–water partition coefficient (Wildman–Crippen LogP) is 3.61. The highest BCUT2D eigenvalue weighted by Gasteiger charge is 2.40. The van der Waals surface area contributed by atoms with E-state index >= 15 is 0 Å². The lowest BCUT2D eigenvalue weighted by Gasteiger charge is -2.15. The predicted molar refractivity (Wildman–Crippen MR) is 85.0 cm³/mol. The smallest absolute Gasteiger partial charge is 0.222 e. The highest BCUT2D eigenvalue weighted by Crippen LogP contribution is 2.50. The van der Waals surface area contributed by atoms with E-state index < -0.39 is 0 Å². The van der Waals surface area contributed by atoms with Gasteiger partial charge in [0.1, 0.15) is 0 Å². The van der Waals surface area contributed by atoms with Crippen molar-refractivity contribution >= 4 is 11.4 Å². The van der Waals surface area contributed by atoms with Crippen LogP contribution in [0.2, 0.25) is 0 Å². The molecule has 0 heterocycles. The van der Waals surface area contributed by atoms with E-state index in [4.69, 9.17) is 0 Å². The zero-order valence-corrected chi connectivity index (χ0v) is 11.9. The van der Waals surface area contributed by atoms with E-state index in [0.29, 0.717) is 5.41 Å². The van der Waals surface area contributed by atoms with E-state index in [1.807, 2.05) is 12.3 Å². The zero-order chi connectivity index (χ0) is 14.9. The van der Waals surface area contributed by atoms with Crippen LogP contribution in [0.25, 0.3) is 0 Å². The largest absolute Gasteiger partial charge is 0.612 e. The molecule has 0 saturated heterocycles. The Morgan fingerprint density at radius 3 is 2.38 bits per heavy atom. The van der Waals surface area contributed by atoms with Gasteiger partial charge in [0.05, 0.1) is 0 Å². The third-order valence-corrected chi connectivity index (χ3v) is 4.08. The average Bonchev–Trinajstić information content (AvgIpc) is 3.25. The van der Waals surface area contributed by atoms with Gasteiger partial charge in [0.15, 0.2) is 0 Å². The van der Waals surface area contributed by atoms with Gasteiger partial charge in [-0.3, -0.25) is 0 Å². The van der Waals surface area contributed by atoms with E-state index in [1.54, 1.807) is 12.2 Å². The van der Waals surface area contributed by atoms with Gasteiger partial charge in [-0.25, -0.2) is 0 Å². The molecule has 0 aliphatic heterocycles. The van der Waals surface area contributed by atoms with Gasteiger partial charge in [0.25, 0.3) is 0 Å². The summed E-state index contributed by atoms with van der Waals surface area (Å²) in [7, 11) is 0. The molecule has 3 rings (SSSR count). The Labute approximate surface area is 124 Å². The van der Waals surface area contributed by atoms with E-state index in [0.717, 1.165) is 11.3 Å². The second kappa shape index (κ2) is 5.13. The summed E-state index contributed by atoms with van der Waals surface area (Å²) < 4.78 is 0. The third-order valence-electron chi connectivity index (χ3n) is 4.08. The molecule has 0 spiro atoms. The van der Waals surface area contributed by atoms with Gasteiger partial charge in [0, 0.05) is 24.0 Å². The van der Waals surface area contributed by atoms with E-state index in [2.05, 4.69) is 30.4 Å². The molecule has 0 unspecified atom stereocenters. The Morgan fingerprint density at radius 1 is 1.10 bits per heavy atom. The quantitative estimate of drug-likeness (QED) is 0.680. The molecule has 4 heteroatoms. The van der Waals surface area contributed by atoms with Crippen molar-refractivity contribution in [2.24, 2.45) is 0 Å². The lowest BCUT2D eigenvalue weighted by atomic mass is 9.96. The molecule has 0 radical (unpaired) electrons. The van der Waals surface area contributed by atoms with Gasteiger partial charge in [-0.1, -0.05) is 25.1 Å². The van der Waals surface area contributed by atoms with Crippen LogP contribution in [0, 0.1) is 10.4 Å². The van der Waals surface area contributed by atoms with Crippen LogP contribution in [0.1, 0.15) is 25.3 Å². The van der Waals surface area contributed by atoms with E-state index in [-0.39, 0.29) is 10.6 Å². The fourth-order valence-corrected chi connectivity index (χ4v) is 2.45. The lowest BCUT2D eigenvalue weighted by Crippen LogP contribution is -2.07. The molecule has 1 aromatic rings. The number of benzene rings is 1. The summed E-state index contributed by atoms with van der Waals surface area (Å²) in [5.74, 6) is 0. The third kappa shape index (κ3) is 2.84. The summed E-state index contributed by atoms with van der Waals surface area (Å²) in [6, 6.07) is 8.32. The Hall–Kier alpha value is -2.49. The number of para-hydroxylation sites is 1. The van der Waals surface area contributed by atoms with E-state index in [9.17, 15) is 10.4 Å². The summed E-state index contributed by atoms with van der Waals surface area (Å²) >= 11 is 0. The van der Waals surface area contributed by atoms with Crippen molar-refractivity contribution in [3.63, 3.8) is 0 Å². The van der Waals surface area contributed by atoms with Gasteiger partial charge >= 0.3 is 0 Å². The number of anilines is 1. The Bertz CT molecular complexity index is 658. The van der Waals surface area contributed by atoms with Crippen LogP contribution in [-0.2, 0) is 5.41 Å². The maximum absolute atomic E-state index is 10.6. The molecule has 0 bridgehead atoms.